The number of benzene rings is 1. The molecular weight excluding hydrogens is 254 g/mol. The number of aliphatic hydroxyl groups is 1. The molecule has 0 heterocycles. The van der Waals surface area contributed by atoms with E-state index in [4.69, 9.17) is 0 Å². The molecular formula is C13H18F2N2O2. The van der Waals surface area contributed by atoms with Crippen molar-refractivity contribution in [2.24, 2.45) is 0 Å². The van der Waals surface area contributed by atoms with Gasteiger partial charge in [0.1, 0.15) is 17.3 Å². The smallest absolute Gasteiger partial charge is 0.238 e. The van der Waals surface area contributed by atoms with Crippen molar-refractivity contribution in [3.63, 3.8) is 0 Å². The van der Waals surface area contributed by atoms with Crippen molar-refractivity contribution in [2.45, 2.75) is 19.4 Å². The number of carbonyl (C=O) groups is 1. The zero-order valence-corrected chi connectivity index (χ0v) is 11.2. The van der Waals surface area contributed by atoms with Crippen molar-refractivity contribution in [3.05, 3.63) is 29.8 Å². The van der Waals surface area contributed by atoms with Crippen molar-refractivity contribution < 1.29 is 18.7 Å². The molecule has 0 aliphatic rings. The molecule has 0 saturated heterocycles. The van der Waals surface area contributed by atoms with Crippen LogP contribution in [0.5, 0.6) is 0 Å². The van der Waals surface area contributed by atoms with E-state index in [0.29, 0.717) is 0 Å². The first-order valence-electron chi connectivity index (χ1n) is 5.84. The van der Waals surface area contributed by atoms with Crippen LogP contribution in [0.25, 0.3) is 0 Å². The molecule has 106 valence electrons. The van der Waals surface area contributed by atoms with Gasteiger partial charge in [-0.25, -0.2) is 8.78 Å². The molecule has 1 aromatic carbocycles. The Morgan fingerprint density at radius 2 is 1.89 bits per heavy atom. The molecule has 0 aromatic heterocycles. The van der Waals surface area contributed by atoms with Gasteiger partial charge in [0, 0.05) is 6.54 Å². The van der Waals surface area contributed by atoms with Gasteiger partial charge in [0.2, 0.25) is 5.91 Å². The van der Waals surface area contributed by atoms with E-state index >= 15 is 0 Å². The second-order valence-electron chi connectivity index (χ2n) is 5.13. The van der Waals surface area contributed by atoms with Crippen LogP contribution in [0.1, 0.15) is 13.8 Å². The number of nitrogens with zero attached hydrogens (tertiary/aromatic N) is 1. The van der Waals surface area contributed by atoms with Crippen LogP contribution in [0.15, 0.2) is 18.2 Å². The minimum atomic E-state index is -0.946. The average Bonchev–Trinajstić information content (AvgIpc) is 2.20. The van der Waals surface area contributed by atoms with E-state index in [9.17, 15) is 18.7 Å². The molecule has 0 aliphatic heterocycles. The molecule has 0 spiro atoms. The Labute approximate surface area is 111 Å². The van der Waals surface area contributed by atoms with Gasteiger partial charge < -0.3 is 10.4 Å². The van der Waals surface area contributed by atoms with Crippen molar-refractivity contribution in [2.75, 3.05) is 25.5 Å². The summed E-state index contributed by atoms with van der Waals surface area (Å²) >= 11 is 0. The highest BCUT2D eigenvalue weighted by Crippen LogP contribution is 2.17. The zero-order chi connectivity index (χ0) is 14.6. The lowest BCUT2D eigenvalue weighted by atomic mass is 10.1. The van der Waals surface area contributed by atoms with Crippen LogP contribution in [-0.2, 0) is 4.79 Å². The Hall–Kier alpha value is -1.53. The fourth-order valence-electron chi connectivity index (χ4n) is 1.76. The summed E-state index contributed by atoms with van der Waals surface area (Å²) in [6.07, 6.45) is 0. The largest absolute Gasteiger partial charge is 0.389 e. The quantitative estimate of drug-likeness (QED) is 0.856. The summed E-state index contributed by atoms with van der Waals surface area (Å²) in [5.74, 6) is -2.19. The highest BCUT2D eigenvalue weighted by molar-refractivity contribution is 5.92. The predicted octanol–water partition coefficient (Wildman–Crippen LogP) is 1.61. The third kappa shape index (κ3) is 5.32. The monoisotopic (exact) mass is 272 g/mol. The second kappa shape index (κ2) is 6.08. The minimum Gasteiger partial charge on any atom is -0.389 e. The summed E-state index contributed by atoms with van der Waals surface area (Å²) in [4.78, 5) is 13.2. The number of nitrogens with one attached hydrogen (secondary N) is 1. The normalized spacial score (nSPS) is 11.7. The minimum absolute atomic E-state index is 0.0717. The van der Waals surface area contributed by atoms with Gasteiger partial charge in [-0.2, -0.15) is 0 Å². The van der Waals surface area contributed by atoms with E-state index in [1.165, 1.54) is 6.07 Å². The number of para-hydroxylation sites is 1. The highest BCUT2D eigenvalue weighted by atomic mass is 19.1. The maximum absolute atomic E-state index is 13.3. The van der Waals surface area contributed by atoms with Crippen LogP contribution in [0.3, 0.4) is 0 Å². The predicted molar refractivity (Wildman–Crippen MR) is 68.8 cm³/mol. The Balaban J connectivity index is 2.61. The molecule has 1 amide bonds. The summed E-state index contributed by atoms with van der Waals surface area (Å²) in [5, 5.41) is 11.8. The van der Waals surface area contributed by atoms with Crippen molar-refractivity contribution in [1.29, 1.82) is 0 Å². The second-order valence-corrected chi connectivity index (χ2v) is 5.13. The van der Waals surface area contributed by atoms with E-state index in [1.807, 2.05) is 0 Å². The van der Waals surface area contributed by atoms with Crippen molar-refractivity contribution >= 4 is 11.6 Å². The number of carbonyl (C=O) groups excluding carboxylic acids is 1. The van der Waals surface area contributed by atoms with Crippen LogP contribution in [-0.4, -0.2) is 41.7 Å². The van der Waals surface area contributed by atoms with Crippen LogP contribution in [0.4, 0.5) is 14.5 Å². The van der Waals surface area contributed by atoms with Crippen molar-refractivity contribution in [1.82, 2.24) is 4.90 Å². The summed E-state index contributed by atoms with van der Waals surface area (Å²) in [6, 6.07) is 3.36. The molecule has 0 unspecified atom stereocenters. The van der Waals surface area contributed by atoms with E-state index in [2.05, 4.69) is 5.32 Å². The number of amides is 1. The number of rotatable bonds is 5. The maximum atomic E-state index is 13.3. The molecule has 1 aromatic rings. The van der Waals surface area contributed by atoms with Crippen LogP contribution >= 0.6 is 0 Å². The summed E-state index contributed by atoms with van der Waals surface area (Å²) < 4.78 is 26.6. The number of anilines is 1. The number of likely N-dealkylation sites (N-methyl/N-ethyl adjacent to an activating group) is 1. The topological polar surface area (TPSA) is 52.6 Å². The van der Waals surface area contributed by atoms with E-state index in [-0.39, 0.29) is 13.1 Å². The van der Waals surface area contributed by atoms with Gasteiger partial charge in [0.15, 0.2) is 0 Å². The fourth-order valence-corrected chi connectivity index (χ4v) is 1.76. The Kier molecular flexibility index (Phi) is 4.97. The number of halogens is 2. The molecule has 0 fully saturated rings. The van der Waals surface area contributed by atoms with Gasteiger partial charge in [0.25, 0.3) is 0 Å². The SMILES string of the molecule is CN(CC(=O)Nc1c(F)cccc1F)CC(C)(C)O. The summed E-state index contributed by atoms with van der Waals surface area (Å²) in [5.41, 5.74) is -1.40. The van der Waals surface area contributed by atoms with Gasteiger partial charge in [0.05, 0.1) is 12.1 Å². The fraction of sp³-hybridized carbons (Fsp3) is 0.462. The van der Waals surface area contributed by atoms with Gasteiger partial charge in [-0.05, 0) is 33.0 Å². The van der Waals surface area contributed by atoms with Crippen LogP contribution in [0.2, 0.25) is 0 Å². The van der Waals surface area contributed by atoms with Gasteiger partial charge >= 0.3 is 0 Å². The standard InChI is InChI=1S/C13H18F2N2O2/c1-13(2,19)8-17(3)7-11(18)16-12-9(14)5-4-6-10(12)15/h4-6,19H,7-8H2,1-3H3,(H,16,18). The molecule has 19 heavy (non-hydrogen) atoms. The lowest BCUT2D eigenvalue weighted by Crippen LogP contribution is -2.40. The van der Waals surface area contributed by atoms with Gasteiger partial charge in [-0.1, -0.05) is 6.07 Å². The summed E-state index contributed by atoms with van der Waals surface area (Å²) in [7, 11) is 1.63. The van der Waals surface area contributed by atoms with Crippen LogP contribution in [0, 0.1) is 11.6 Å². The van der Waals surface area contributed by atoms with Gasteiger partial charge in [-0.3, -0.25) is 9.69 Å². The third-order valence-corrected chi connectivity index (χ3v) is 2.30. The third-order valence-electron chi connectivity index (χ3n) is 2.30. The molecule has 4 nitrogen and oxygen atoms in total. The molecule has 0 saturated carbocycles. The van der Waals surface area contributed by atoms with E-state index in [1.54, 1.807) is 25.8 Å². The molecule has 1 rings (SSSR count). The average molecular weight is 272 g/mol. The molecule has 0 bridgehead atoms. The molecule has 0 aliphatic carbocycles. The van der Waals surface area contributed by atoms with E-state index < -0.39 is 28.8 Å². The summed E-state index contributed by atoms with van der Waals surface area (Å²) in [6.45, 7) is 3.41. The Morgan fingerprint density at radius 1 is 1.37 bits per heavy atom. The molecule has 0 radical (unpaired) electrons. The molecule has 6 heteroatoms. The van der Waals surface area contributed by atoms with E-state index in [0.717, 1.165) is 12.1 Å². The first kappa shape index (κ1) is 15.5. The molecule has 0 atom stereocenters. The lowest BCUT2D eigenvalue weighted by molar-refractivity contribution is -0.117. The van der Waals surface area contributed by atoms with Crippen molar-refractivity contribution in [3.8, 4) is 0 Å². The first-order chi connectivity index (χ1) is 8.69. The highest BCUT2D eigenvalue weighted by Gasteiger charge is 2.18. The molecule has 2 N–H and O–H groups in total. The first-order valence-corrected chi connectivity index (χ1v) is 5.84. The van der Waals surface area contributed by atoms with Crippen LogP contribution < -0.4 is 5.32 Å². The lowest BCUT2D eigenvalue weighted by Gasteiger charge is -2.24. The number of hydrogen-bond acceptors (Lipinski definition) is 3. The Morgan fingerprint density at radius 3 is 2.37 bits per heavy atom. The van der Waals surface area contributed by atoms with Gasteiger partial charge in [-0.15, -0.1) is 0 Å². The number of hydrogen-bond donors (Lipinski definition) is 2. The Bertz CT molecular complexity index is 438. The maximum Gasteiger partial charge on any atom is 0.238 e. The zero-order valence-electron chi connectivity index (χ0n) is 11.2.